The van der Waals surface area contributed by atoms with E-state index in [9.17, 15) is 5.11 Å². The van der Waals surface area contributed by atoms with Crippen molar-refractivity contribution in [2.24, 2.45) is 5.92 Å². The average Bonchev–Trinajstić information content (AvgIpc) is 2.17. The second-order valence-corrected chi connectivity index (χ2v) is 5.36. The van der Waals surface area contributed by atoms with Gasteiger partial charge < -0.3 is 5.11 Å². The van der Waals surface area contributed by atoms with E-state index >= 15 is 0 Å². The normalized spacial score (nSPS) is 17.4. The SMILES string of the molecule is CCCCCC(C)(O)CCCC(C)CC. The van der Waals surface area contributed by atoms with Crippen LogP contribution in [-0.2, 0) is 0 Å². The lowest BCUT2D eigenvalue weighted by Gasteiger charge is -2.23. The molecule has 1 heteroatoms. The summed E-state index contributed by atoms with van der Waals surface area (Å²) in [6, 6.07) is 0. The molecule has 2 unspecified atom stereocenters. The van der Waals surface area contributed by atoms with E-state index in [2.05, 4.69) is 20.8 Å². The zero-order chi connectivity index (χ0) is 11.7. The van der Waals surface area contributed by atoms with Crippen LogP contribution in [0.25, 0.3) is 0 Å². The van der Waals surface area contributed by atoms with Crippen LogP contribution >= 0.6 is 0 Å². The molecule has 0 aliphatic heterocycles. The van der Waals surface area contributed by atoms with Gasteiger partial charge >= 0.3 is 0 Å². The van der Waals surface area contributed by atoms with E-state index in [1.54, 1.807) is 0 Å². The lowest BCUT2D eigenvalue weighted by Crippen LogP contribution is -2.23. The molecule has 1 N–H and O–H groups in total. The third kappa shape index (κ3) is 8.92. The topological polar surface area (TPSA) is 20.2 Å². The van der Waals surface area contributed by atoms with Crippen molar-refractivity contribution in [2.45, 2.75) is 84.7 Å². The van der Waals surface area contributed by atoms with Gasteiger partial charge in [0.2, 0.25) is 0 Å². The fourth-order valence-electron chi connectivity index (χ4n) is 1.92. The van der Waals surface area contributed by atoms with Gasteiger partial charge in [0.15, 0.2) is 0 Å². The van der Waals surface area contributed by atoms with E-state index in [-0.39, 0.29) is 0 Å². The van der Waals surface area contributed by atoms with Crippen molar-refractivity contribution in [1.82, 2.24) is 0 Å². The minimum Gasteiger partial charge on any atom is -0.390 e. The molecule has 0 fully saturated rings. The van der Waals surface area contributed by atoms with Gasteiger partial charge in [-0.3, -0.25) is 0 Å². The Morgan fingerprint density at radius 1 is 1.07 bits per heavy atom. The van der Waals surface area contributed by atoms with Gasteiger partial charge in [-0.2, -0.15) is 0 Å². The molecule has 1 nitrogen and oxygen atoms in total. The first kappa shape index (κ1) is 15.0. The molecular weight excluding hydrogens is 184 g/mol. The second-order valence-electron chi connectivity index (χ2n) is 5.36. The van der Waals surface area contributed by atoms with Crippen molar-refractivity contribution in [3.05, 3.63) is 0 Å². The van der Waals surface area contributed by atoms with Crippen LogP contribution in [0.15, 0.2) is 0 Å². The molecule has 0 aromatic heterocycles. The van der Waals surface area contributed by atoms with Gasteiger partial charge in [-0.1, -0.05) is 59.3 Å². The molecule has 0 aromatic carbocycles. The average molecular weight is 214 g/mol. The highest BCUT2D eigenvalue weighted by Gasteiger charge is 2.19. The molecule has 0 rings (SSSR count). The summed E-state index contributed by atoms with van der Waals surface area (Å²) in [5.74, 6) is 0.816. The van der Waals surface area contributed by atoms with Gasteiger partial charge in [-0.15, -0.1) is 0 Å². The Balaban J connectivity index is 3.54. The summed E-state index contributed by atoms with van der Waals surface area (Å²) in [6.07, 6.45) is 9.31. The molecule has 0 saturated carbocycles. The van der Waals surface area contributed by atoms with Crippen molar-refractivity contribution >= 4 is 0 Å². The highest BCUT2D eigenvalue weighted by Crippen LogP contribution is 2.23. The van der Waals surface area contributed by atoms with Crippen LogP contribution in [0.3, 0.4) is 0 Å². The Labute approximate surface area is 96.3 Å². The molecule has 15 heavy (non-hydrogen) atoms. The van der Waals surface area contributed by atoms with Crippen LogP contribution in [0.2, 0.25) is 0 Å². The van der Waals surface area contributed by atoms with Gasteiger partial charge in [-0.25, -0.2) is 0 Å². The number of hydrogen-bond acceptors (Lipinski definition) is 1. The zero-order valence-electron chi connectivity index (χ0n) is 11.2. The molecule has 0 aliphatic rings. The van der Waals surface area contributed by atoms with Gasteiger partial charge in [0.25, 0.3) is 0 Å². The highest BCUT2D eigenvalue weighted by molar-refractivity contribution is 4.72. The standard InChI is InChI=1S/C14H30O/c1-5-7-8-11-14(4,15)12-9-10-13(3)6-2/h13,15H,5-12H2,1-4H3. The Kier molecular flexibility index (Phi) is 8.13. The molecule has 0 spiro atoms. The Hall–Kier alpha value is -0.0400. The van der Waals surface area contributed by atoms with Crippen LogP contribution in [0.5, 0.6) is 0 Å². The third-order valence-electron chi connectivity index (χ3n) is 3.43. The maximum atomic E-state index is 10.1. The molecule has 0 aromatic rings. The first-order valence-corrected chi connectivity index (χ1v) is 6.74. The zero-order valence-corrected chi connectivity index (χ0v) is 11.2. The molecule has 92 valence electrons. The molecule has 0 saturated heterocycles. The molecule has 0 radical (unpaired) electrons. The summed E-state index contributed by atoms with van der Waals surface area (Å²) in [7, 11) is 0. The van der Waals surface area contributed by atoms with Crippen LogP contribution < -0.4 is 0 Å². The maximum Gasteiger partial charge on any atom is 0.0619 e. The summed E-state index contributed by atoms with van der Waals surface area (Å²) in [4.78, 5) is 0. The monoisotopic (exact) mass is 214 g/mol. The minimum atomic E-state index is -0.414. The predicted molar refractivity (Wildman–Crippen MR) is 68.1 cm³/mol. The number of hydrogen-bond donors (Lipinski definition) is 1. The lowest BCUT2D eigenvalue weighted by molar-refractivity contribution is 0.0359. The summed E-state index contributed by atoms with van der Waals surface area (Å²) >= 11 is 0. The maximum absolute atomic E-state index is 10.1. The van der Waals surface area contributed by atoms with E-state index < -0.39 is 5.60 Å². The first-order valence-electron chi connectivity index (χ1n) is 6.74. The van der Waals surface area contributed by atoms with E-state index in [1.165, 1.54) is 38.5 Å². The fraction of sp³-hybridized carbons (Fsp3) is 1.00. The van der Waals surface area contributed by atoms with E-state index in [0.29, 0.717) is 0 Å². The molecule has 0 bridgehead atoms. The first-order chi connectivity index (χ1) is 7.02. The Morgan fingerprint density at radius 2 is 1.67 bits per heavy atom. The predicted octanol–water partition coefficient (Wildman–Crippen LogP) is 4.53. The molecule has 0 heterocycles. The van der Waals surface area contributed by atoms with Gasteiger partial charge in [0, 0.05) is 0 Å². The van der Waals surface area contributed by atoms with Gasteiger partial charge in [-0.05, 0) is 25.7 Å². The second kappa shape index (κ2) is 8.15. The van der Waals surface area contributed by atoms with Crippen LogP contribution in [0, 0.1) is 5.92 Å². The van der Waals surface area contributed by atoms with Crippen LogP contribution in [-0.4, -0.2) is 10.7 Å². The van der Waals surface area contributed by atoms with Gasteiger partial charge in [0.05, 0.1) is 5.60 Å². The largest absolute Gasteiger partial charge is 0.390 e. The number of rotatable bonds is 9. The van der Waals surface area contributed by atoms with Crippen LogP contribution in [0.1, 0.15) is 79.1 Å². The minimum absolute atomic E-state index is 0.414. The van der Waals surface area contributed by atoms with Crippen molar-refractivity contribution in [2.75, 3.05) is 0 Å². The Morgan fingerprint density at radius 3 is 2.20 bits per heavy atom. The molecule has 0 amide bonds. The third-order valence-corrected chi connectivity index (χ3v) is 3.43. The lowest BCUT2D eigenvalue weighted by atomic mass is 9.90. The number of unbranched alkanes of at least 4 members (excludes halogenated alkanes) is 2. The van der Waals surface area contributed by atoms with E-state index in [4.69, 9.17) is 0 Å². The summed E-state index contributed by atoms with van der Waals surface area (Å²) in [6.45, 7) is 8.74. The summed E-state index contributed by atoms with van der Waals surface area (Å²) < 4.78 is 0. The smallest absolute Gasteiger partial charge is 0.0619 e. The summed E-state index contributed by atoms with van der Waals surface area (Å²) in [5.41, 5.74) is -0.414. The van der Waals surface area contributed by atoms with E-state index in [0.717, 1.165) is 18.8 Å². The molecule has 2 atom stereocenters. The molecular formula is C14H30O. The van der Waals surface area contributed by atoms with Crippen molar-refractivity contribution in [1.29, 1.82) is 0 Å². The number of aliphatic hydroxyl groups is 1. The fourth-order valence-corrected chi connectivity index (χ4v) is 1.92. The quantitative estimate of drug-likeness (QED) is 0.559. The summed E-state index contributed by atoms with van der Waals surface area (Å²) in [5, 5.41) is 10.1. The van der Waals surface area contributed by atoms with Crippen molar-refractivity contribution in [3.63, 3.8) is 0 Å². The Bertz CT molecular complexity index is 140. The molecule has 0 aliphatic carbocycles. The van der Waals surface area contributed by atoms with Crippen molar-refractivity contribution in [3.8, 4) is 0 Å². The van der Waals surface area contributed by atoms with E-state index in [1.807, 2.05) is 6.92 Å². The van der Waals surface area contributed by atoms with Crippen molar-refractivity contribution < 1.29 is 5.11 Å². The van der Waals surface area contributed by atoms with Crippen LogP contribution in [0.4, 0.5) is 0 Å². The highest BCUT2D eigenvalue weighted by atomic mass is 16.3. The van der Waals surface area contributed by atoms with Gasteiger partial charge in [0.1, 0.15) is 0 Å².